The first-order valence-electron chi connectivity index (χ1n) is 6.64. The Bertz CT molecular complexity index is 382. The molecular formula is C14H22N2O2. The maximum atomic E-state index is 5.69. The number of nitrogens with one attached hydrogen (secondary N) is 1. The number of benzene rings is 1. The molecular weight excluding hydrogens is 228 g/mol. The Morgan fingerprint density at radius 2 is 2.06 bits per heavy atom. The average molecular weight is 250 g/mol. The zero-order valence-corrected chi connectivity index (χ0v) is 10.9. The van der Waals surface area contributed by atoms with Gasteiger partial charge >= 0.3 is 0 Å². The van der Waals surface area contributed by atoms with Gasteiger partial charge < -0.3 is 20.5 Å². The lowest BCUT2D eigenvalue weighted by molar-refractivity contribution is 0.297. The Balaban J connectivity index is 2.02. The molecule has 0 spiro atoms. The lowest BCUT2D eigenvalue weighted by Crippen LogP contribution is -2.21. The molecule has 0 aromatic heterocycles. The summed E-state index contributed by atoms with van der Waals surface area (Å²) in [5, 5.41) is 3.45. The van der Waals surface area contributed by atoms with E-state index in [0.29, 0.717) is 6.04 Å². The molecule has 3 N–H and O–H groups in total. The second-order valence-electron chi connectivity index (χ2n) is 4.57. The third-order valence-electron chi connectivity index (χ3n) is 3.10. The summed E-state index contributed by atoms with van der Waals surface area (Å²) in [7, 11) is 0. The molecule has 4 nitrogen and oxygen atoms in total. The van der Waals surface area contributed by atoms with E-state index in [1.807, 2.05) is 6.07 Å². The molecule has 0 bridgehead atoms. The van der Waals surface area contributed by atoms with E-state index in [0.717, 1.165) is 50.6 Å². The number of rotatable bonds is 5. The second kappa shape index (κ2) is 6.61. The van der Waals surface area contributed by atoms with Crippen molar-refractivity contribution in [2.24, 2.45) is 5.73 Å². The van der Waals surface area contributed by atoms with Crippen molar-refractivity contribution >= 4 is 0 Å². The zero-order valence-electron chi connectivity index (χ0n) is 10.9. The van der Waals surface area contributed by atoms with Gasteiger partial charge in [0.05, 0.1) is 13.2 Å². The molecule has 1 atom stereocenters. The fourth-order valence-electron chi connectivity index (χ4n) is 1.99. The predicted molar refractivity (Wildman–Crippen MR) is 72.1 cm³/mol. The van der Waals surface area contributed by atoms with Gasteiger partial charge in [-0.2, -0.15) is 0 Å². The smallest absolute Gasteiger partial charge is 0.161 e. The zero-order chi connectivity index (χ0) is 12.8. The maximum Gasteiger partial charge on any atom is 0.161 e. The lowest BCUT2D eigenvalue weighted by atomic mass is 10.1. The van der Waals surface area contributed by atoms with Gasteiger partial charge in [-0.3, -0.25) is 0 Å². The standard InChI is InChI=1S/C14H22N2O2/c1-11(16-7-2-6-15)12-4-5-13-14(10-12)18-9-3-8-17-13/h4-5,10-11,16H,2-3,6-9,15H2,1H3. The minimum atomic E-state index is 0.300. The Kier molecular flexibility index (Phi) is 4.84. The summed E-state index contributed by atoms with van der Waals surface area (Å²) in [4.78, 5) is 0. The first-order valence-corrected chi connectivity index (χ1v) is 6.64. The van der Waals surface area contributed by atoms with E-state index in [1.165, 1.54) is 5.56 Å². The number of fused-ring (bicyclic) bond motifs is 1. The highest BCUT2D eigenvalue weighted by atomic mass is 16.5. The summed E-state index contributed by atoms with van der Waals surface area (Å²) in [6.45, 7) is 5.27. The molecule has 0 amide bonds. The quantitative estimate of drug-likeness (QED) is 0.783. The molecule has 100 valence electrons. The fourth-order valence-corrected chi connectivity index (χ4v) is 1.99. The number of hydrogen-bond acceptors (Lipinski definition) is 4. The number of hydrogen-bond donors (Lipinski definition) is 2. The maximum absolute atomic E-state index is 5.69. The van der Waals surface area contributed by atoms with Gasteiger partial charge in [0.2, 0.25) is 0 Å². The van der Waals surface area contributed by atoms with Crippen LogP contribution in [-0.2, 0) is 0 Å². The van der Waals surface area contributed by atoms with Crippen LogP contribution in [0.5, 0.6) is 11.5 Å². The van der Waals surface area contributed by atoms with Crippen LogP contribution < -0.4 is 20.5 Å². The molecule has 1 heterocycles. The van der Waals surface area contributed by atoms with E-state index in [9.17, 15) is 0 Å². The van der Waals surface area contributed by atoms with Crippen LogP contribution >= 0.6 is 0 Å². The minimum absolute atomic E-state index is 0.300. The summed E-state index contributed by atoms with van der Waals surface area (Å²) in [6, 6.07) is 6.46. The van der Waals surface area contributed by atoms with Gasteiger partial charge in [-0.15, -0.1) is 0 Å². The number of ether oxygens (including phenoxy) is 2. The van der Waals surface area contributed by atoms with Crippen LogP contribution in [0.3, 0.4) is 0 Å². The Labute approximate surface area is 108 Å². The summed E-state index contributed by atoms with van der Waals surface area (Å²) >= 11 is 0. The third kappa shape index (κ3) is 3.37. The van der Waals surface area contributed by atoms with E-state index in [2.05, 4.69) is 24.4 Å². The van der Waals surface area contributed by atoms with E-state index < -0.39 is 0 Å². The topological polar surface area (TPSA) is 56.5 Å². The Morgan fingerprint density at radius 3 is 2.83 bits per heavy atom. The van der Waals surface area contributed by atoms with Crippen molar-refractivity contribution in [3.05, 3.63) is 23.8 Å². The normalized spacial score (nSPS) is 16.1. The van der Waals surface area contributed by atoms with Crippen LogP contribution in [0.15, 0.2) is 18.2 Å². The molecule has 0 fully saturated rings. The highest BCUT2D eigenvalue weighted by molar-refractivity contribution is 5.44. The fraction of sp³-hybridized carbons (Fsp3) is 0.571. The van der Waals surface area contributed by atoms with Crippen molar-refractivity contribution in [1.29, 1.82) is 0 Å². The van der Waals surface area contributed by atoms with Gasteiger partial charge in [-0.1, -0.05) is 6.07 Å². The van der Waals surface area contributed by atoms with Crippen molar-refractivity contribution in [1.82, 2.24) is 5.32 Å². The third-order valence-corrected chi connectivity index (χ3v) is 3.10. The Hall–Kier alpha value is -1.26. The van der Waals surface area contributed by atoms with Gasteiger partial charge in [0.25, 0.3) is 0 Å². The summed E-state index contributed by atoms with van der Waals surface area (Å²) in [5.41, 5.74) is 6.70. The largest absolute Gasteiger partial charge is 0.490 e. The van der Waals surface area contributed by atoms with Crippen LogP contribution in [0.2, 0.25) is 0 Å². The van der Waals surface area contributed by atoms with Crippen molar-refractivity contribution in [3.8, 4) is 11.5 Å². The van der Waals surface area contributed by atoms with Crippen LogP contribution in [0.4, 0.5) is 0 Å². The molecule has 18 heavy (non-hydrogen) atoms. The molecule has 0 aliphatic carbocycles. The van der Waals surface area contributed by atoms with Crippen LogP contribution in [0, 0.1) is 0 Å². The molecule has 1 aliphatic rings. The van der Waals surface area contributed by atoms with Gasteiger partial charge in [0.1, 0.15) is 0 Å². The van der Waals surface area contributed by atoms with Crippen LogP contribution in [0.1, 0.15) is 31.4 Å². The molecule has 1 aromatic carbocycles. The van der Waals surface area contributed by atoms with Crippen molar-refractivity contribution < 1.29 is 9.47 Å². The van der Waals surface area contributed by atoms with Gasteiger partial charge in [-0.25, -0.2) is 0 Å². The predicted octanol–water partition coefficient (Wildman–Crippen LogP) is 1.85. The highest BCUT2D eigenvalue weighted by Gasteiger charge is 2.13. The molecule has 1 aliphatic heterocycles. The molecule has 0 radical (unpaired) electrons. The van der Waals surface area contributed by atoms with Gasteiger partial charge in [-0.05, 0) is 44.1 Å². The Morgan fingerprint density at radius 1 is 1.28 bits per heavy atom. The molecule has 1 unspecified atom stereocenters. The minimum Gasteiger partial charge on any atom is -0.490 e. The van der Waals surface area contributed by atoms with Crippen LogP contribution in [0.25, 0.3) is 0 Å². The van der Waals surface area contributed by atoms with E-state index in [4.69, 9.17) is 15.2 Å². The molecule has 0 saturated carbocycles. The average Bonchev–Trinajstić information content (AvgIpc) is 2.63. The van der Waals surface area contributed by atoms with Gasteiger partial charge in [0.15, 0.2) is 11.5 Å². The summed E-state index contributed by atoms with van der Waals surface area (Å²) < 4.78 is 11.3. The monoisotopic (exact) mass is 250 g/mol. The first-order chi connectivity index (χ1) is 8.81. The number of nitrogens with two attached hydrogens (primary N) is 1. The first kappa shape index (κ1) is 13.2. The molecule has 1 aromatic rings. The SMILES string of the molecule is CC(NCCCN)c1ccc2c(c1)OCCCO2. The highest BCUT2D eigenvalue weighted by Crippen LogP contribution is 2.32. The van der Waals surface area contributed by atoms with Crippen molar-refractivity contribution in [2.75, 3.05) is 26.3 Å². The summed E-state index contributed by atoms with van der Waals surface area (Å²) in [6.07, 6.45) is 1.93. The second-order valence-corrected chi connectivity index (χ2v) is 4.57. The lowest BCUT2D eigenvalue weighted by Gasteiger charge is -2.16. The van der Waals surface area contributed by atoms with Crippen molar-refractivity contribution in [3.63, 3.8) is 0 Å². The van der Waals surface area contributed by atoms with E-state index >= 15 is 0 Å². The van der Waals surface area contributed by atoms with Gasteiger partial charge in [0, 0.05) is 12.5 Å². The molecule has 0 saturated heterocycles. The van der Waals surface area contributed by atoms with Crippen LogP contribution in [-0.4, -0.2) is 26.3 Å². The van der Waals surface area contributed by atoms with Crippen molar-refractivity contribution in [2.45, 2.75) is 25.8 Å². The van der Waals surface area contributed by atoms with E-state index in [-0.39, 0.29) is 0 Å². The molecule has 4 heteroatoms. The molecule has 2 rings (SSSR count). The summed E-state index contributed by atoms with van der Waals surface area (Å²) in [5.74, 6) is 1.71. The van der Waals surface area contributed by atoms with E-state index in [1.54, 1.807) is 0 Å².